The van der Waals surface area contributed by atoms with Crippen LogP contribution < -0.4 is 5.32 Å². The minimum atomic E-state index is 0.455. The molecule has 15 heavy (non-hydrogen) atoms. The lowest BCUT2D eigenvalue weighted by atomic mass is 10.2. The Labute approximate surface area is 91.9 Å². The molecule has 0 saturated heterocycles. The maximum absolute atomic E-state index is 4.51. The van der Waals surface area contributed by atoms with Crippen molar-refractivity contribution in [2.75, 3.05) is 0 Å². The third kappa shape index (κ3) is 2.40. The van der Waals surface area contributed by atoms with Gasteiger partial charge in [-0.1, -0.05) is 13.8 Å². The Morgan fingerprint density at radius 2 is 2.27 bits per heavy atom. The number of nitrogens with one attached hydrogen (secondary N) is 1. The van der Waals surface area contributed by atoms with Crippen molar-refractivity contribution < 1.29 is 0 Å². The molecule has 0 aliphatic heterocycles. The third-order valence-electron chi connectivity index (χ3n) is 3.24. The van der Waals surface area contributed by atoms with E-state index >= 15 is 0 Å². The summed E-state index contributed by atoms with van der Waals surface area (Å²) in [6.45, 7) is 9.80. The molecule has 0 spiro atoms. The van der Waals surface area contributed by atoms with E-state index in [1.54, 1.807) is 0 Å². The largest absolute Gasteiger partial charge is 0.308 e. The van der Waals surface area contributed by atoms with Gasteiger partial charge in [0.2, 0.25) is 0 Å². The Bertz CT molecular complexity index is 338. The molecule has 1 atom stereocenters. The van der Waals surface area contributed by atoms with Crippen LogP contribution in [0.1, 0.15) is 45.9 Å². The zero-order valence-electron chi connectivity index (χ0n) is 10.1. The maximum Gasteiger partial charge on any atom is 0.0762 e. The predicted molar refractivity (Wildman–Crippen MR) is 61.6 cm³/mol. The van der Waals surface area contributed by atoms with Gasteiger partial charge < -0.3 is 5.32 Å². The lowest BCUT2D eigenvalue weighted by molar-refractivity contribution is 0.509. The van der Waals surface area contributed by atoms with Gasteiger partial charge in [-0.25, -0.2) is 0 Å². The molecule has 2 rings (SSSR count). The first kappa shape index (κ1) is 10.7. The first-order chi connectivity index (χ1) is 6.99. The molecule has 1 aliphatic carbocycles. The fourth-order valence-corrected chi connectivity index (χ4v) is 1.80. The van der Waals surface area contributed by atoms with Crippen LogP contribution in [0.5, 0.6) is 0 Å². The Morgan fingerprint density at radius 3 is 2.73 bits per heavy atom. The smallest absolute Gasteiger partial charge is 0.0762 e. The van der Waals surface area contributed by atoms with Crippen molar-refractivity contribution in [3.63, 3.8) is 0 Å². The van der Waals surface area contributed by atoms with Crippen LogP contribution in [0.25, 0.3) is 0 Å². The monoisotopic (exact) mass is 207 g/mol. The summed E-state index contributed by atoms with van der Waals surface area (Å²) >= 11 is 0. The summed E-state index contributed by atoms with van der Waals surface area (Å²) in [5.74, 6) is 0. The van der Waals surface area contributed by atoms with E-state index in [0.29, 0.717) is 17.5 Å². The lowest BCUT2D eigenvalue weighted by Gasteiger charge is -2.05. The molecule has 1 N–H and O–H groups in total. The zero-order chi connectivity index (χ0) is 11.1. The van der Waals surface area contributed by atoms with E-state index in [1.807, 2.05) is 4.68 Å². The summed E-state index contributed by atoms with van der Waals surface area (Å²) in [7, 11) is 0. The number of rotatable bonds is 4. The second-order valence-electron chi connectivity index (χ2n) is 5.51. The normalized spacial score (nSPS) is 23.4. The molecular weight excluding hydrogens is 186 g/mol. The highest BCUT2D eigenvalue weighted by Crippen LogP contribution is 2.44. The van der Waals surface area contributed by atoms with Crippen molar-refractivity contribution in [2.24, 2.45) is 5.41 Å². The second-order valence-corrected chi connectivity index (χ2v) is 5.51. The van der Waals surface area contributed by atoms with E-state index in [9.17, 15) is 0 Å². The van der Waals surface area contributed by atoms with E-state index in [1.165, 1.54) is 6.42 Å². The summed E-state index contributed by atoms with van der Waals surface area (Å²) in [4.78, 5) is 0. The topological polar surface area (TPSA) is 29.9 Å². The van der Waals surface area contributed by atoms with Crippen molar-refractivity contribution in [1.82, 2.24) is 15.1 Å². The van der Waals surface area contributed by atoms with Gasteiger partial charge >= 0.3 is 0 Å². The molecule has 1 fully saturated rings. The van der Waals surface area contributed by atoms with Crippen LogP contribution in [0, 0.1) is 5.41 Å². The summed E-state index contributed by atoms with van der Waals surface area (Å²) < 4.78 is 2.01. The van der Waals surface area contributed by atoms with Crippen LogP contribution >= 0.6 is 0 Å². The van der Waals surface area contributed by atoms with Gasteiger partial charge in [0.1, 0.15) is 0 Å². The highest BCUT2D eigenvalue weighted by atomic mass is 15.3. The number of aromatic nitrogens is 2. The van der Waals surface area contributed by atoms with E-state index in [0.717, 1.165) is 12.2 Å². The highest BCUT2D eigenvalue weighted by Gasteiger charge is 2.45. The molecule has 1 heterocycles. The quantitative estimate of drug-likeness (QED) is 0.821. The molecule has 84 valence electrons. The minimum Gasteiger partial charge on any atom is -0.308 e. The maximum atomic E-state index is 4.51. The zero-order valence-corrected chi connectivity index (χ0v) is 10.1. The Morgan fingerprint density at radius 1 is 1.60 bits per heavy atom. The van der Waals surface area contributed by atoms with Gasteiger partial charge in [-0.3, -0.25) is 4.68 Å². The number of nitrogens with zero attached hydrogens (tertiary/aromatic N) is 2. The molecule has 0 radical (unpaired) electrons. The minimum absolute atomic E-state index is 0.455. The van der Waals surface area contributed by atoms with E-state index in [-0.39, 0.29) is 0 Å². The molecule has 1 aromatic rings. The average molecular weight is 207 g/mol. The van der Waals surface area contributed by atoms with Gasteiger partial charge in [0.25, 0.3) is 0 Å². The van der Waals surface area contributed by atoms with Crippen molar-refractivity contribution in [3.8, 4) is 0 Å². The summed E-state index contributed by atoms with van der Waals surface area (Å²) in [5.41, 5.74) is 1.65. The van der Waals surface area contributed by atoms with Crippen LogP contribution in [0.4, 0.5) is 0 Å². The standard InChI is InChI=1S/C12H21N3/c1-9(2)15-6-5-10(14-15)8-13-11-7-12(11,3)4/h5-6,9,11,13H,7-8H2,1-4H3. The summed E-state index contributed by atoms with van der Waals surface area (Å²) in [6, 6.07) is 3.24. The molecule has 0 amide bonds. The molecule has 3 nitrogen and oxygen atoms in total. The Hall–Kier alpha value is -0.830. The van der Waals surface area contributed by atoms with Gasteiger partial charge in [0, 0.05) is 24.8 Å². The van der Waals surface area contributed by atoms with Gasteiger partial charge in [-0.15, -0.1) is 0 Å². The van der Waals surface area contributed by atoms with Gasteiger partial charge in [-0.2, -0.15) is 5.10 Å². The van der Waals surface area contributed by atoms with E-state index in [4.69, 9.17) is 0 Å². The van der Waals surface area contributed by atoms with E-state index < -0.39 is 0 Å². The Balaban J connectivity index is 1.84. The molecule has 1 unspecified atom stereocenters. The molecule has 1 aliphatic rings. The van der Waals surface area contributed by atoms with Crippen molar-refractivity contribution in [1.29, 1.82) is 0 Å². The molecule has 1 aromatic heterocycles. The van der Waals surface area contributed by atoms with E-state index in [2.05, 4.69) is 50.4 Å². The SMILES string of the molecule is CC(C)n1ccc(CNC2CC2(C)C)n1. The third-order valence-corrected chi connectivity index (χ3v) is 3.24. The second kappa shape index (κ2) is 3.63. The fourth-order valence-electron chi connectivity index (χ4n) is 1.80. The van der Waals surface area contributed by atoms with Crippen LogP contribution in [-0.2, 0) is 6.54 Å². The number of hydrogen-bond donors (Lipinski definition) is 1. The van der Waals surface area contributed by atoms with Gasteiger partial charge in [0.05, 0.1) is 5.69 Å². The van der Waals surface area contributed by atoms with Crippen LogP contribution in [0.15, 0.2) is 12.3 Å². The molecule has 0 bridgehead atoms. The Kier molecular flexibility index (Phi) is 2.59. The first-order valence-corrected chi connectivity index (χ1v) is 5.76. The summed E-state index contributed by atoms with van der Waals surface area (Å²) in [6.07, 6.45) is 3.34. The van der Waals surface area contributed by atoms with Crippen molar-refractivity contribution in [2.45, 2.75) is 52.7 Å². The first-order valence-electron chi connectivity index (χ1n) is 5.76. The highest BCUT2D eigenvalue weighted by molar-refractivity contribution is 5.05. The van der Waals surface area contributed by atoms with Crippen LogP contribution in [-0.4, -0.2) is 15.8 Å². The van der Waals surface area contributed by atoms with Gasteiger partial charge in [0.15, 0.2) is 0 Å². The average Bonchev–Trinajstić information content (AvgIpc) is 2.63. The fraction of sp³-hybridized carbons (Fsp3) is 0.750. The molecule has 3 heteroatoms. The van der Waals surface area contributed by atoms with Gasteiger partial charge in [-0.05, 0) is 31.7 Å². The summed E-state index contributed by atoms with van der Waals surface area (Å²) in [5, 5.41) is 8.05. The van der Waals surface area contributed by atoms with Crippen LogP contribution in [0.3, 0.4) is 0 Å². The van der Waals surface area contributed by atoms with Crippen molar-refractivity contribution >= 4 is 0 Å². The number of hydrogen-bond acceptors (Lipinski definition) is 2. The van der Waals surface area contributed by atoms with Crippen LogP contribution in [0.2, 0.25) is 0 Å². The predicted octanol–water partition coefficient (Wildman–Crippen LogP) is 2.35. The molecular formula is C12H21N3. The molecule has 0 aromatic carbocycles. The molecule has 1 saturated carbocycles. The lowest BCUT2D eigenvalue weighted by Crippen LogP contribution is -2.20. The van der Waals surface area contributed by atoms with Crippen molar-refractivity contribution in [3.05, 3.63) is 18.0 Å².